The quantitative estimate of drug-likeness (QED) is 0.642. The number of nitrogens with two attached hydrogens (primary N) is 1. The third kappa shape index (κ3) is 4.71. The molecule has 0 bridgehead atoms. The highest BCUT2D eigenvalue weighted by Gasteiger charge is 2.39. The van der Waals surface area contributed by atoms with Crippen LogP contribution in [0.4, 0.5) is 0 Å². The van der Waals surface area contributed by atoms with Gasteiger partial charge in [-0.25, -0.2) is 0 Å². The van der Waals surface area contributed by atoms with Crippen molar-refractivity contribution >= 4 is 0 Å². The molecule has 0 heterocycles. The van der Waals surface area contributed by atoms with Crippen LogP contribution in [0.5, 0.6) is 0 Å². The maximum Gasteiger partial charge on any atom is 0.0431 e. The largest absolute Gasteiger partial charge is 0.396 e. The second kappa shape index (κ2) is 7.77. The van der Waals surface area contributed by atoms with Gasteiger partial charge in [0, 0.05) is 24.7 Å². The van der Waals surface area contributed by atoms with E-state index in [0.717, 1.165) is 25.3 Å². The highest BCUT2D eigenvalue weighted by Crippen LogP contribution is 2.43. The summed E-state index contributed by atoms with van der Waals surface area (Å²) < 4.78 is 0. The molecule has 0 aromatic rings. The molecule has 20 heavy (non-hydrogen) atoms. The monoisotopic (exact) mass is 284 g/mol. The Morgan fingerprint density at radius 1 is 1.35 bits per heavy atom. The summed E-state index contributed by atoms with van der Waals surface area (Å²) in [5.74, 6) is 0.835. The van der Waals surface area contributed by atoms with Crippen molar-refractivity contribution < 1.29 is 5.11 Å². The molecule has 0 aromatic heterocycles. The summed E-state index contributed by atoms with van der Waals surface area (Å²) in [5.41, 5.74) is 6.69. The van der Waals surface area contributed by atoms with Crippen LogP contribution in [0.3, 0.4) is 0 Å². The molecule has 1 aliphatic rings. The van der Waals surface area contributed by atoms with Crippen LogP contribution in [0.2, 0.25) is 0 Å². The maximum atomic E-state index is 8.94. The number of rotatable bonds is 8. The summed E-state index contributed by atoms with van der Waals surface area (Å²) in [6.45, 7) is 10.4. The van der Waals surface area contributed by atoms with Gasteiger partial charge in [-0.15, -0.1) is 0 Å². The molecular weight excluding hydrogens is 248 g/mol. The topological polar surface area (TPSA) is 58.3 Å². The van der Waals surface area contributed by atoms with E-state index in [1.54, 1.807) is 0 Å². The normalized spacial score (nSPS) is 29.4. The molecule has 0 aliphatic heterocycles. The van der Waals surface area contributed by atoms with Crippen LogP contribution in [0.1, 0.15) is 72.6 Å². The van der Waals surface area contributed by atoms with Gasteiger partial charge in [0.25, 0.3) is 0 Å². The Morgan fingerprint density at radius 3 is 2.40 bits per heavy atom. The second-order valence-corrected chi connectivity index (χ2v) is 7.51. The van der Waals surface area contributed by atoms with E-state index in [-0.39, 0.29) is 12.1 Å². The summed E-state index contributed by atoms with van der Waals surface area (Å²) in [6, 6.07) is 0.446. The van der Waals surface area contributed by atoms with E-state index in [1.165, 1.54) is 32.1 Å². The zero-order valence-corrected chi connectivity index (χ0v) is 14.0. The maximum absolute atomic E-state index is 8.94. The highest BCUT2D eigenvalue weighted by atomic mass is 16.2. The Morgan fingerprint density at radius 2 is 1.95 bits per heavy atom. The SMILES string of the molecule is CCC(C)(C)C1CCC(CN)(NC(C)CCCO)CC1. The third-order valence-electron chi connectivity index (χ3n) is 5.70. The van der Waals surface area contributed by atoms with Gasteiger partial charge in [0.1, 0.15) is 0 Å². The predicted octanol–water partition coefficient (Wildman–Crippen LogP) is 3.06. The van der Waals surface area contributed by atoms with Crippen molar-refractivity contribution in [3.8, 4) is 0 Å². The van der Waals surface area contributed by atoms with E-state index in [2.05, 4.69) is 33.0 Å². The molecule has 1 aliphatic carbocycles. The zero-order valence-electron chi connectivity index (χ0n) is 14.0. The van der Waals surface area contributed by atoms with Crippen LogP contribution < -0.4 is 11.1 Å². The molecule has 0 saturated heterocycles. The molecule has 0 radical (unpaired) electrons. The molecule has 3 nitrogen and oxygen atoms in total. The van der Waals surface area contributed by atoms with Gasteiger partial charge in [0.05, 0.1) is 0 Å². The standard InChI is InChI=1S/C17H36N2O/c1-5-16(3,4)15-8-10-17(13-18,11-9-15)19-14(2)7-6-12-20/h14-15,19-20H,5-13,18H2,1-4H3. The molecule has 0 spiro atoms. The fourth-order valence-corrected chi connectivity index (χ4v) is 3.64. The van der Waals surface area contributed by atoms with Crippen molar-refractivity contribution in [2.24, 2.45) is 17.1 Å². The summed E-state index contributed by atoms with van der Waals surface area (Å²) in [7, 11) is 0. The van der Waals surface area contributed by atoms with Crippen LogP contribution >= 0.6 is 0 Å². The van der Waals surface area contributed by atoms with Crippen LogP contribution in [-0.4, -0.2) is 29.8 Å². The van der Waals surface area contributed by atoms with E-state index in [4.69, 9.17) is 10.8 Å². The minimum atomic E-state index is 0.134. The van der Waals surface area contributed by atoms with Crippen molar-refractivity contribution in [1.82, 2.24) is 5.32 Å². The zero-order chi connectivity index (χ0) is 15.2. The minimum absolute atomic E-state index is 0.134. The van der Waals surface area contributed by atoms with Crippen molar-refractivity contribution in [3.63, 3.8) is 0 Å². The Hall–Kier alpha value is -0.120. The van der Waals surface area contributed by atoms with E-state index in [1.807, 2.05) is 0 Å². The number of nitrogens with one attached hydrogen (secondary N) is 1. The molecule has 1 fully saturated rings. The predicted molar refractivity (Wildman–Crippen MR) is 86.7 cm³/mol. The van der Waals surface area contributed by atoms with Gasteiger partial charge in [-0.2, -0.15) is 0 Å². The Labute approximate surface area is 125 Å². The number of hydrogen-bond donors (Lipinski definition) is 3. The first-order valence-electron chi connectivity index (χ1n) is 8.48. The van der Waals surface area contributed by atoms with E-state index in [9.17, 15) is 0 Å². The lowest BCUT2D eigenvalue weighted by molar-refractivity contribution is 0.0952. The van der Waals surface area contributed by atoms with Gasteiger partial charge in [-0.1, -0.05) is 27.2 Å². The fraction of sp³-hybridized carbons (Fsp3) is 1.00. The fourth-order valence-electron chi connectivity index (χ4n) is 3.64. The average molecular weight is 284 g/mol. The van der Waals surface area contributed by atoms with E-state index in [0.29, 0.717) is 11.5 Å². The lowest BCUT2D eigenvalue weighted by Crippen LogP contribution is -2.57. The van der Waals surface area contributed by atoms with Crippen molar-refractivity contribution in [2.45, 2.75) is 84.2 Å². The lowest BCUT2D eigenvalue weighted by Gasteiger charge is -2.46. The van der Waals surface area contributed by atoms with Gasteiger partial charge in [0.15, 0.2) is 0 Å². The molecule has 1 saturated carbocycles. The average Bonchev–Trinajstić information content (AvgIpc) is 2.45. The molecule has 4 N–H and O–H groups in total. The highest BCUT2D eigenvalue weighted by molar-refractivity contribution is 4.97. The molecule has 1 unspecified atom stereocenters. The first kappa shape index (κ1) is 17.9. The Balaban J connectivity index is 2.53. The van der Waals surface area contributed by atoms with Crippen molar-refractivity contribution in [3.05, 3.63) is 0 Å². The van der Waals surface area contributed by atoms with Gasteiger partial charge in [-0.3, -0.25) is 0 Å². The molecule has 120 valence electrons. The first-order valence-corrected chi connectivity index (χ1v) is 8.48. The summed E-state index contributed by atoms with van der Waals surface area (Å²) >= 11 is 0. The second-order valence-electron chi connectivity index (χ2n) is 7.51. The summed E-state index contributed by atoms with van der Waals surface area (Å²) in [5, 5.41) is 12.7. The van der Waals surface area contributed by atoms with Crippen LogP contribution in [0.15, 0.2) is 0 Å². The van der Waals surface area contributed by atoms with Gasteiger partial charge in [-0.05, 0) is 56.8 Å². The molecule has 1 rings (SSSR count). The van der Waals surface area contributed by atoms with Crippen LogP contribution in [0.25, 0.3) is 0 Å². The summed E-state index contributed by atoms with van der Waals surface area (Å²) in [6.07, 6.45) is 8.13. The van der Waals surface area contributed by atoms with Crippen LogP contribution in [-0.2, 0) is 0 Å². The van der Waals surface area contributed by atoms with Gasteiger partial charge < -0.3 is 16.2 Å². The third-order valence-corrected chi connectivity index (χ3v) is 5.70. The van der Waals surface area contributed by atoms with Crippen molar-refractivity contribution in [2.75, 3.05) is 13.2 Å². The lowest BCUT2D eigenvalue weighted by atomic mass is 9.65. The minimum Gasteiger partial charge on any atom is -0.396 e. The Bertz CT molecular complexity index is 270. The van der Waals surface area contributed by atoms with Crippen LogP contribution in [0, 0.1) is 11.3 Å². The summed E-state index contributed by atoms with van der Waals surface area (Å²) in [4.78, 5) is 0. The van der Waals surface area contributed by atoms with E-state index >= 15 is 0 Å². The molecular formula is C17H36N2O. The van der Waals surface area contributed by atoms with E-state index < -0.39 is 0 Å². The number of aliphatic hydroxyl groups is 1. The van der Waals surface area contributed by atoms with Crippen molar-refractivity contribution in [1.29, 1.82) is 0 Å². The molecule has 1 atom stereocenters. The smallest absolute Gasteiger partial charge is 0.0431 e. The number of aliphatic hydroxyl groups excluding tert-OH is 1. The van der Waals surface area contributed by atoms with Gasteiger partial charge in [0.2, 0.25) is 0 Å². The molecule has 3 heteroatoms. The van der Waals surface area contributed by atoms with Gasteiger partial charge >= 0.3 is 0 Å². The molecule has 0 amide bonds. The Kier molecular flexibility index (Phi) is 6.96. The molecule has 0 aromatic carbocycles. The number of hydrogen-bond acceptors (Lipinski definition) is 3. The first-order chi connectivity index (χ1) is 9.39.